The van der Waals surface area contributed by atoms with Gasteiger partial charge in [0.05, 0.1) is 0 Å². The van der Waals surface area contributed by atoms with E-state index in [-0.39, 0.29) is 0 Å². The summed E-state index contributed by atoms with van der Waals surface area (Å²) >= 11 is 3.31. The van der Waals surface area contributed by atoms with Gasteiger partial charge in [-0.2, -0.15) is 0 Å². The lowest BCUT2D eigenvalue weighted by Gasteiger charge is -1.92. The third-order valence-electron chi connectivity index (χ3n) is 1.57. The molecule has 13 heavy (non-hydrogen) atoms. The van der Waals surface area contributed by atoms with Gasteiger partial charge in [-0.1, -0.05) is 0 Å². The minimum absolute atomic E-state index is 0.607. The van der Waals surface area contributed by atoms with Gasteiger partial charge >= 0.3 is 0 Å². The van der Waals surface area contributed by atoms with E-state index < -0.39 is 0 Å². The van der Waals surface area contributed by atoms with Crippen molar-refractivity contribution in [1.29, 1.82) is 0 Å². The molecule has 2 heterocycles. The Kier molecular flexibility index (Phi) is 2.37. The molecule has 0 aromatic carbocycles. The van der Waals surface area contributed by atoms with Gasteiger partial charge in [-0.25, -0.2) is 0 Å². The Bertz CT molecular complexity index is 408. The van der Waals surface area contributed by atoms with Crippen LogP contribution in [0.3, 0.4) is 0 Å². The van der Waals surface area contributed by atoms with Crippen LogP contribution >= 0.6 is 23.1 Å². The first-order chi connectivity index (χ1) is 6.31. The van der Waals surface area contributed by atoms with E-state index in [9.17, 15) is 0 Å². The van der Waals surface area contributed by atoms with Gasteiger partial charge in [-0.3, -0.25) is 0 Å². The normalized spacial score (nSPS) is 10.6. The van der Waals surface area contributed by atoms with Crippen LogP contribution in [0.5, 0.6) is 0 Å². The molecule has 2 aromatic heterocycles. The maximum absolute atomic E-state index is 5.35. The van der Waals surface area contributed by atoms with Crippen molar-refractivity contribution >= 4 is 23.1 Å². The largest absolute Gasteiger partial charge is 0.420 e. The molecule has 0 saturated heterocycles. The molecule has 0 aliphatic heterocycles. The van der Waals surface area contributed by atoms with Crippen molar-refractivity contribution in [1.82, 2.24) is 10.2 Å². The maximum atomic E-state index is 5.35. The van der Waals surface area contributed by atoms with E-state index in [4.69, 9.17) is 4.42 Å². The molecule has 0 aliphatic rings. The summed E-state index contributed by atoms with van der Waals surface area (Å²) in [6, 6.07) is 2.06. The topological polar surface area (TPSA) is 38.9 Å². The highest BCUT2D eigenvalue weighted by Gasteiger charge is 2.11. The molecular formula is C8H8N2OS2. The van der Waals surface area contributed by atoms with Gasteiger partial charge in [-0.15, -0.1) is 33.3 Å². The minimum atomic E-state index is 0.607. The molecule has 0 N–H and O–H groups in total. The standard InChI is InChI=1S/C8H8N2OS2/c1-5-9-10-8(11-5)7-6(12-2)3-4-13-7/h3-4H,1-2H3. The van der Waals surface area contributed by atoms with E-state index in [1.165, 1.54) is 4.90 Å². The third-order valence-corrected chi connectivity index (χ3v) is 3.38. The zero-order chi connectivity index (χ0) is 9.26. The zero-order valence-electron chi connectivity index (χ0n) is 7.27. The number of thiophene rings is 1. The number of nitrogens with zero attached hydrogens (tertiary/aromatic N) is 2. The highest BCUT2D eigenvalue weighted by Crippen LogP contribution is 2.33. The summed E-state index contributed by atoms with van der Waals surface area (Å²) in [4.78, 5) is 2.25. The average Bonchev–Trinajstić information content (AvgIpc) is 2.71. The number of hydrogen-bond donors (Lipinski definition) is 0. The molecule has 2 rings (SSSR count). The number of aromatic nitrogens is 2. The van der Waals surface area contributed by atoms with Gasteiger partial charge < -0.3 is 4.42 Å². The minimum Gasteiger partial charge on any atom is -0.420 e. The summed E-state index contributed by atoms with van der Waals surface area (Å²) < 4.78 is 5.35. The lowest BCUT2D eigenvalue weighted by molar-refractivity contribution is 0.533. The molecule has 68 valence electrons. The Balaban J connectivity index is 2.45. The fourth-order valence-electron chi connectivity index (χ4n) is 1.00. The first kappa shape index (κ1) is 8.77. The van der Waals surface area contributed by atoms with Gasteiger partial charge in [0, 0.05) is 11.8 Å². The zero-order valence-corrected chi connectivity index (χ0v) is 8.91. The van der Waals surface area contributed by atoms with E-state index in [0.29, 0.717) is 11.8 Å². The van der Waals surface area contributed by atoms with E-state index in [1.807, 2.05) is 11.6 Å². The van der Waals surface area contributed by atoms with Crippen LogP contribution in [0.15, 0.2) is 20.8 Å². The Hall–Kier alpha value is -0.810. The van der Waals surface area contributed by atoms with E-state index in [1.54, 1.807) is 30.0 Å². The Labute approximate surface area is 84.2 Å². The number of thioether (sulfide) groups is 1. The van der Waals surface area contributed by atoms with Gasteiger partial charge in [-0.05, 0) is 17.7 Å². The van der Waals surface area contributed by atoms with Gasteiger partial charge in [0.2, 0.25) is 5.89 Å². The predicted molar refractivity (Wildman–Crippen MR) is 54.1 cm³/mol. The molecular weight excluding hydrogens is 204 g/mol. The Morgan fingerprint density at radius 3 is 2.92 bits per heavy atom. The maximum Gasteiger partial charge on any atom is 0.258 e. The SMILES string of the molecule is CSc1ccsc1-c1nnc(C)o1. The van der Waals surface area contributed by atoms with Crippen LogP contribution in [-0.4, -0.2) is 16.5 Å². The van der Waals surface area contributed by atoms with Crippen molar-refractivity contribution < 1.29 is 4.42 Å². The Morgan fingerprint density at radius 1 is 1.46 bits per heavy atom. The second-order valence-electron chi connectivity index (χ2n) is 2.44. The van der Waals surface area contributed by atoms with Crippen LogP contribution in [0.2, 0.25) is 0 Å². The van der Waals surface area contributed by atoms with Crippen molar-refractivity contribution in [3.63, 3.8) is 0 Å². The van der Waals surface area contributed by atoms with E-state index in [2.05, 4.69) is 16.3 Å². The number of aryl methyl sites for hydroxylation is 1. The fourth-order valence-corrected chi connectivity index (χ4v) is 2.67. The highest BCUT2D eigenvalue weighted by atomic mass is 32.2. The fraction of sp³-hybridized carbons (Fsp3) is 0.250. The van der Waals surface area contributed by atoms with E-state index >= 15 is 0 Å². The molecule has 0 fully saturated rings. The average molecular weight is 212 g/mol. The monoisotopic (exact) mass is 212 g/mol. The van der Waals surface area contributed by atoms with Gasteiger partial charge in [0.1, 0.15) is 4.88 Å². The molecule has 0 saturated carbocycles. The predicted octanol–water partition coefficient (Wildman–Crippen LogP) is 2.83. The smallest absolute Gasteiger partial charge is 0.258 e. The van der Waals surface area contributed by atoms with Gasteiger partial charge in [0.25, 0.3) is 5.89 Å². The molecule has 0 atom stereocenters. The van der Waals surface area contributed by atoms with Crippen molar-refractivity contribution in [2.24, 2.45) is 0 Å². The second kappa shape index (κ2) is 3.51. The molecule has 0 aliphatic carbocycles. The van der Waals surface area contributed by atoms with Crippen molar-refractivity contribution in [2.45, 2.75) is 11.8 Å². The highest BCUT2D eigenvalue weighted by molar-refractivity contribution is 7.98. The number of rotatable bonds is 2. The quantitative estimate of drug-likeness (QED) is 0.717. The summed E-state index contributed by atoms with van der Waals surface area (Å²) in [5.41, 5.74) is 0. The van der Waals surface area contributed by atoms with Crippen molar-refractivity contribution in [3.05, 3.63) is 17.3 Å². The molecule has 0 spiro atoms. The lowest BCUT2D eigenvalue weighted by atomic mass is 10.5. The van der Waals surface area contributed by atoms with Crippen molar-refractivity contribution in [2.75, 3.05) is 6.26 Å². The Morgan fingerprint density at radius 2 is 2.31 bits per heavy atom. The van der Waals surface area contributed by atoms with Crippen LogP contribution in [0.25, 0.3) is 10.8 Å². The molecule has 0 radical (unpaired) electrons. The summed E-state index contributed by atoms with van der Waals surface area (Å²) in [5.74, 6) is 1.23. The lowest BCUT2D eigenvalue weighted by Crippen LogP contribution is -1.74. The molecule has 0 bridgehead atoms. The number of hydrogen-bond acceptors (Lipinski definition) is 5. The molecule has 3 nitrogen and oxygen atoms in total. The summed E-state index contributed by atoms with van der Waals surface area (Å²) in [5, 5.41) is 9.80. The molecule has 0 amide bonds. The summed E-state index contributed by atoms with van der Waals surface area (Å²) in [7, 11) is 0. The van der Waals surface area contributed by atoms with Crippen LogP contribution in [0.4, 0.5) is 0 Å². The van der Waals surface area contributed by atoms with Crippen LogP contribution in [0.1, 0.15) is 5.89 Å². The van der Waals surface area contributed by atoms with E-state index in [0.717, 1.165) is 4.88 Å². The summed E-state index contributed by atoms with van der Waals surface area (Å²) in [6.45, 7) is 1.79. The molecule has 2 aromatic rings. The molecule has 5 heteroatoms. The first-order valence-corrected chi connectivity index (χ1v) is 5.83. The van der Waals surface area contributed by atoms with Gasteiger partial charge in [0.15, 0.2) is 0 Å². The second-order valence-corrected chi connectivity index (χ2v) is 4.21. The van der Waals surface area contributed by atoms with Crippen LogP contribution in [-0.2, 0) is 0 Å². The van der Waals surface area contributed by atoms with Crippen LogP contribution < -0.4 is 0 Å². The molecule has 0 unspecified atom stereocenters. The van der Waals surface area contributed by atoms with Crippen molar-refractivity contribution in [3.8, 4) is 10.8 Å². The third kappa shape index (κ3) is 1.62. The van der Waals surface area contributed by atoms with Crippen LogP contribution in [0, 0.1) is 6.92 Å². The first-order valence-electron chi connectivity index (χ1n) is 3.73. The summed E-state index contributed by atoms with van der Waals surface area (Å²) in [6.07, 6.45) is 2.04.